The highest BCUT2D eigenvalue weighted by atomic mass is 19.1. The molecule has 8 nitrogen and oxygen atoms in total. The first-order valence-corrected chi connectivity index (χ1v) is 9.23. The summed E-state index contributed by atoms with van der Waals surface area (Å²) in [6.07, 6.45) is 6.12. The van der Waals surface area contributed by atoms with Crippen LogP contribution in [0.1, 0.15) is 10.6 Å². The van der Waals surface area contributed by atoms with Gasteiger partial charge in [-0.2, -0.15) is 0 Å². The molecule has 0 spiro atoms. The van der Waals surface area contributed by atoms with E-state index in [0.29, 0.717) is 33.1 Å². The molecular weight excluding hydrogens is 401 g/mol. The van der Waals surface area contributed by atoms with Crippen LogP contribution in [0.3, 0.4) is 0 Å². The number of hydrogen-bond acceptors (Lipinski definition) is 7. The van der Waals surface area contributed by atoms with Crippen molar-refractivity contribution in [1.82, 2.24) is 15.0 Å². The van der Waals surface area contributed by atoms with Crippen molar-refractivity contribution in [1.29, 1.82) is 0 Å². The molecule has 0 aliphatic heterocycles. The van der Waals surface area contributed by atoms with Crippen molar-refractivity contribution in [2.24, 2.45) is 0 Å². The second-order valence-electron chi connectivity index (χ2n) is 6.66. The number of hydrogen-bond donors (Lipinski definition) is 3. The number of phenols is 1. The molecule has 0 bridgehead atoms. The smallest absolute Gasteiger partial charge is 0.295 e. The Morgan fingerprint density at radius 3 is 2.71 bits per heavy atom. The number of benzene rings is 2. The van der Waals surface area contributed by atoms with Gasteiger partial charge in [-0.05, 0) is 41.8 Å². The van der Waals surface area contributed by atoms with Crippen LogP contribution in [0.5, 0.6) is 5.75 Å². The number of halogens is 1. The van der Waals surface area contributed by atoms with E-state index in [0.717, 1.165) is 0 Å². The fourth-order valence-electron chi connectivity index (χ4n) is 3.27. The van der Waals surface area contributed by atoms with Gasteiger partial charge in [-0.1, -0.05) is 6.07 Å². The number of nitrogens with one attached hydrogen (secondary N) is 2. The Morgan fingerprint density at radius 2 is 1.87 bits per heavy atom. The molecule has 5 aromatic rings. The van der Waals surface area contributed by atoms with Gasteiger partial charge in [0.1, 0.15) is 0 Å². The second-order valence-corrected chi connectivity index (χ2v) is 6.66. The van der Waals surface area contributed by atoms with Gasteiger partial charge in [-0.25, -0.2) is 14.4 Å². The minimum absolute atomic E-state index is 0.0255. The predicted octanol–water partition coefficient (Wildman–Crippen LogP) is 4.61. The Kier molecular flexibility index (Phi) is 4.40. The maximum atomic E-state index is 13.6. The molecule has 0 saturated heterocycles. The third-order valence-electron chi connectivity index (χ3n) is 4.70. The minimum Gasteiger partial charge on any atom is -0.504 e. The number of fused-ring (bicyclic) bond motifs is 2. The van der Waals surface area contributed by atoms with Crippen molar-refractivity contribution in [3.8, 4) is 5.75 Å². The van der Waals surface area contributed by atoms with Crippen LogP contribution in [-0.2, 0) is 0 Å². The molecular formula is C22H14FN5O3. The molecule has 0 atom stereocenters. The molecule has 9 heteroatoms. The van der Waals surface area contributed by atoms with Crippen molar-refractivity contribution >= 4 is 45.0 Å². The van der Waals surface area contributed by atoms with Crippen molar-refractivity contribution in [3.63, 3.8) is 0 Å². The molecule has 0 radical (unpaired) electrons. The lowest BCUT2D eigenvalue weighted by Crippen LogP contribution is -2.14. The highest BCUT2D eigenvalue weighted by Gasteiger charge is 2.22. The summed E-state index contributed by atoms with van der Waals surface area (Å²) in [6.45, 7) is 0. The summed E-state index contributed by atoms with van der Waals surface area (Å²) in [5, 5.41) is 17.4. The SMILES string of the molecule is O=C(Nc1ncccn1)c1oc2cnccc2c1Nc1ccc2c(O)c(F)ccc2c1. The van der Waals surface area contributed by atoms with E-state index >= 15 is 0 Å². The average molecular weight is 415 g/mol. The van der Waals surface area contributed by atoms with Gasteiger partial charge in [0.05, 0.1) is 11.9 Å². The number of pyridine rings is 1. The van der Waals surface area contributed by atoms with Gasteiger partial charge in [-0.3, -0.25) is 15.1 Å². The van der Waals surface area contributed by atoms with Crippen LogP contribution in [0.2, 0.25) is 0 Å². The van der Waals surface area contributed by atoms with E-state index in [9.17, 15) is 14.3 Å². The molecule has 0 aliphatic rings. The Bertz CT molecular complexity index is 1440. The molecule has 3 N–H and O–H groups in total. The summed E-state index contributed by atoms with van der Waals surface area (Å²) < 4.78 is 19.4. The normalized spacial score (nSPS) is 11.0. The van der Waals surface area contributed by atoms with Gasteiger partial charge >= 0.3 is 0 Å². The Labute approximate surface area is 174 Å². The van der Waals surface area contributed by atoms with E-state index in [4.69, 9.17) is 4.42 Å². The summed E-state index contributed by atoms with van der Waals surface area (Å²) >= 11 is 0. The fourth-order valence-corrected chi connectivity index (χ4v) is 3.27. The van der Waals surface area contributed by atoms with E-state index in [1.165, 1.54) is 24.7 Å². The van der Waals surface area contributed by atoms with E-state index in [2.05, 4.69) is 25.6 Å². The number of furan rings is 1. The van der Waals surface area contributed by atoms with Crippen molar-refractivity contribution < 1.29 is 18.7 Å². The van der Waals surface area contributed by atoms with Crippen LogP contribution in [0, 0.1) is 5.82 Å². The van der Waals surface area contributed by atoms with Crippen LogP contribution in [0.15, 0.2) is 71.7 Å². The first kappa shape index (κ1) is 18.5. The molecule has 3 aromatic heterocycles. The molecule has 0 aliphatic carbocycles. The van der Waals surface area contributed by atoms with Crippen molar-refractivity contribution in [3.05, 3.63) is 78.8 Å². The molecule has 0 fully saturated rings. The fraction of sp³-hybridized carbons (Fsp3) is 0. The number of anilines is 3. The topological polar surface area (TPSA) is 113 Å². The van der Waals surface area contributed by atoms with Gasteiger partial charge < -0.3 is 14.8 Å². The second kappa shape index (κ2) is 7.38. The first-order valence-electron chi connectivity index (χ1n) is 9.23. The standard InChI is InChI=1S/C22H14FN5O3/c23-16-5-2-12-10-13(3-4-14(12)19(16)29)27-18-15-6-9-24-11-17(15)31-20(18)21(30)28-22-25-7-1-8-26-22/h1-11,27,29H,(H,25,26,28,30). The molecule has 1 amide bonds. The summed E-state index contributed by atoms with van der Waals surface area (Å²) in [4.78, 5) is 24.9. The number of carbonyl (C=O) groups excluding carboxylic acids is 1. The Morgan fingerprint density at radius 1 is 1.03 bits per heavy atom. The van der Waals surface area contributed by atoms with E-state index in [-0.39, 0.29) is 11.7 Å². The molecule has 5 rings (SSSR count). The molecule has 152 valence electrons. The number of aromatic nitrogens is 3. The van der Waals surface area contributed by atoms with Gasteiger partial charge in [0.15, 0.2) is 17.1 Å². The number of carbonyl (C=O) groups is 1. The maximum absolute atomic E-state index is 13.6. The van der Waals surface area contributed by atoms with Crippen LogP contribution in [0.4, 0.5) is 21.7 Å². The Hall–Kier alpha value is -4.53. The summed E-state index contributed by atoms with van der Waals surface area (Å²) in [6, 6.07) is 11.1. The largest absolute Gasteiger partial charge is 0.504 e. The third kappa shape index (κ3) is 3.38. The lowest BCUT2D eigenvalue weighted by Gasteiger charge is -2.09. The number of nitrogens with zero attached hydrogens (tertiary/aromatic N) is 3. The highest BCUT2D eigenvalue weighted by Crippen LogP contribution is 2.35. The molecule has 3 heterocycles. The third-order valence-corrected chi connectivity index (χ3v) is 4.70. The van der Waals surface area contributed by atoms with Crippen LogP contribution >= 0.6 is 0 Å². The van der Waals surface area contributed by atoms with Gasteiger partial charge in [0.2, 0.25) is 11.7 Å². The maximum Gasteiger partial charge on any atom is 0.295 e. The summed E-state index contributed by atoms with van der Waals surface area (Å²) in [7, 11) is 0. The number of rotatable bonds is 4. The van der Waals surface area contributed by atoms with Gasteiger partial charge in [-0.15, -0.1) is 0 Å². The monoisotopic (exact) mass is 415 g/mol. The lowest BCUT2D eigenvalue weighted by molar-refractivity contribution is 0.0999. The average Bonchev–Trinajstić information content (AvgIpc) is 3.16. The Balaban J connectivity index is 1.56. The van der Waals surface area contributed by atoms with Crippen LogP contribution < -0.4 is 10.6 Å². The zero-order valence-corrected chi connectivity index (χ0v) is 15.8. The van der Waals surface area contributed by atoms with Gasteiger partial charge in [0, 0.05) is 35.1 Å². The lowest BCUT2D eigenvalue weighted by atomic mass is 10.1. The zero-order chi connectivity index (χ0) is 21.4. The predicted molar refractivity (Wildman–Crippen MR) is 113 cm³/mol. The van der Waals surface area contributed by atoms with Gasteiger partial charge in [0.25, 0.3) is 5.91 Å². The summed E-state index contributed by atoms with van der Waals surface area (Å²) in [5.74, 6) is -1.47. The minimum atomic E-state index is -0.691. The molecule has 0 saturated carbocycles. The number of amides is 1. The summed E-state index contributed by atoms with van der Waals surface area (Å²) in [5.41, 5.74) is 1.46. The van der Waals surface area contributed by atoms with Crippen LogP contribution in [0.25, 0.3) is 21.7 Å². The molecule has 2 aromatic carbocycles. The van der Waals surface area contributed by atoms with E-state index in [1.54, 1.807) is 42.6 Å². The molecule has 0 unspecified atom stereocenters. The number of aromatic hydroxyl groups is 1. The van der Waals surface area contributed by atoms with E-state index in [1.807, 2.05) is 0 Å². The number of phenolic OH excluding ortho intramolecular Hbond substituents is 1. The first-order chi connectivity index (χ1) is 15.1. The molecule has 31 heavy (non-hydrogen) atoms. The van der Waals surface area contributed by atoms with E-state index < -0.39 is 17.5 Å². The van der Waals surface area contributed by atoms with Crippen molar-refractivity contribution in [2.45, 2.75) is 0 Å². The quantitative estimate of drug-likeness (QED) is 0.393. The zero-order valence-electron chi connectivity index (χ0n) is 15.8. The van der Waals surface area contributed by atoms with Crippen molar-refractivity contribution in [2.75, 3.05) is 10.6 Å². The van der Waals surface area contributed by atoms with Crippen LogP contribution in [-0.4, -0.2) is 26.0 Å². The highest BCUT2D eigenvalue weighted by molar-refractivity contribution is 6.11.